The summed E-state index contributed by atoms with van der Waals surface area (Å²) in [7, 11) is 0. The van der Waals surface area contributed by atoms with Gasteiger partial charge in [0.2, 0.25) is 0 Å². The minimum Gasteiger partial charge on any atom is -0.293 e. The van der Waals surface area contributed by atoms with Gasteiger partial charge in [0.15, 0.2) is 11.6 Å². The Labute approximate surface area is 150 Å². The fraction of sp³-hybridized carbons (Fsp3) is 0.130. The first-order valence-electron chi connectivity index (χ1n) is 8.68. The van der Waals surface area contributed by atoms with Crippen LogP contribution in [0.1, 0.15) is 55.2 Å². The van der Waals surface area contributed by atoms with Crippen molar-refractivity contribution in [2.24, 2.45) is 0 Å². The van der Waals surface area contributed by atoms with Crippen LogP contribution in [0.2, 0.25) is 0 Å². The maximum absolute atomic E-state index is 13.9. The molecule has 0 aliphatic heterocycles. The summed E-state index contributed by atoms with van der Waals surface area (Å²) in [6.45, 7) is 0. The highest BCUT2D eigenvalue weighted by atomic mass is 19.1. The molecule has 126 valence electrons. The van der Waals surface area contributed by atoms with Crippen molar-refractivity contribution in [3.05, 3.63) is 106 Å². The number of carbonyl (C=O) groups is 2. The van der Waals surface area contributed by atoms with Gasteiger partial charge in [-0.1, -0.05) is 60.7 Å². The summed E-state index contributed by atoms with van der Waals surface area (Å²) in [5, 5.41) is 0. The normalized spacial score (nSPS) is 23.3. The van der Waals surface area contributed by atoms with Gasteiger partial charge >= 0.3 is 0 Å². The lowest BCUT2D eigenvalue weighted by Gasteiger charge is -2.42. The maximum Gasteiger partial charge on any atom is 0.171 e. The third kappa shape index (κ3) is 1.97. The second-order valence-electron chi connectivity index (χ2n) is 6.94. The lowest BCUT2D eigenvalue weighted by atomic mass is 9.57. The van der Waals surface area contributed by atoms with Crippen LogP contribution in [0.25, 0.3) is 0 Å². The molecule has 0 fully saturated rings. The molecule has 5 rings (SSSR count). The van der Waals surface area contributed by atoms with E-state index in [1.807, 2.05) is 42.5 Å². The van der Waals surface area contributed by atoms with Crippen molar-refractivity contribution in [2.75, 3.05) is 0 Å². The number of hydrogen-bond donors (Lipinski definition) is 0. The number of benzene rings is 3. The summed E-state index contributed by atoms with van der Waals surface area (Å²) in [6, 6.07) is 20.9. The van der Waals surface area contributed by atoms with Crippen LogP contribution in [0.4, 0.5) is 4.39 Å². The first-order valence-corrected chi connectivity index (χ1v) is 8.68. The number of halogens is 1. The highest BCUT2D eigenvalue weighted by Crippen LogP contribution is 2.55. The molecule has 26 heavy (non-hydrogen) atoms. The van der Waals surface area contributed by atoms with Crippen molar-refractivity contribution >= 4 is 11.6 Å². The van der Waals surface area contributed by atoms with Crippen LogP contribution in [0.3, 0.4) is 0 Å². The first kappa shape index (κ1) is 15.2. The van der Waals surface area contributed by atoms with Gasteiger partial charge in [-0.25, -0.2) is 4.39 Å². The molecule has 0 spiro atoms. The second-order valence-corrected chi connectivity index (χ2v) is 6.94. The summed E-state index contributed by atoms with van der Waals surface area (Å²) in [6.07, 6.45) is 0. The molecule has 0 N–H and O–H groups in total. The Bertz CT molecular complexity index is 1010. The third-order valence-corrected chi connectivity index (χ3v) is 5.64. The standard InChI is InChI=1S/C23H15FO2/c24-14-7-5-6-13(12-14)19-20-15-8-1-3-10-17(15)22(25)21(19)16-9-2-4-11-18(16)23(20)26/h1-12,19-21H. The zero-order valence-electron chi connectivity index (χ0n) is 13.9. The average molecular weight is 342 g/mol. The summed E-state index contributed by atoms with van der Waals surface area (Å²) in [4.78, 5) is 26.7. The van der Waals surface area contributed by atoms with Gasteiger partial charge in [0.25, 0.3) is 0 Å². The van der Waals surface area contributed by atoms with E-state index in [1.54, 1.807) is 18.2 Å². The Morgan fingerprint density at radius 2 is 1.19 bits per heavy atom. The van der Waals surface area contributed by atoms with E-state index < -0.39 is 11.8 Å². The average Bonchev–Trinajstić information content (AvgIpc) is 2.67. The van der Waals surface area contributed by atoms with Crippen molar-refractivity contribution in [3.8, 4) is 0 Å². The molecule has 2 nitrogen and oxygen atoms in total. The van der Waals surface area contributed by atoms with Gasteiger partial charge < -0.3 is 0 Å². The molecule has 0 aromatic heterocycles. The van der Waals surface area contributed by atoms with Gasteiger partial charge in [0, 0.05) is 17.0 Å². The van der Waals surface area contributed by atoms with E-state index in [9.17, 15) is 14.0 Å². The van der Waals surface area contributed by atoms with Crippen LogP contribution in [0.15, 0.2) is 72.8 Å². The van der Waals surface area contributed by atoms with Gasteiger partial charge in [0.05, 0.1) is 11.8 Å². The molecule has 3 aromatic rings. The summed E-state index contributed by atoms with van der Waals surface area (Å²) in [5.41, 5.74) is 3.42. The number of hydrogen-bond acceptors (Lipinski definition) is 2. The smallest absolute Gasteiger partial charge is 0.171 e. The van der Waals surface area contributed by atoms with Crippen LogP contribution in [0, 0.1) is 5.82 Å². The molecule has 0 saturated carbocycles. The van der Waals surface area contributed by atoms with Gasteiger partial charge in [-0.05, 0) is 28.8 Å². The molecule has 2 bridgehead atoms. The summed E-state index contributed by atoms with van der Waals surface area (Å²) < 4.78 is 13.9. The van der Waals surface area contributed by atoms with Gasteiger partial charge in [0.1, 0.15) is 5.82 Å². The highest BCUT2D eigenvalue weighted by Gasteiger charge is 2.51. The first-order chi connectivity index (χ1) is 12.7. The summed E-state index contributed by atoms with van der Waals surface area (Å²) in [5.74, 6) is -1.66. The van der Waals surface area contributed by atoms with Crippen LogP contribution in [-0.2, 0) is 0 Å². The predicted molar refractivity (Wildman–Crippen MR) is 96.2 cm³/mol. The van der Waals surface area contributed by atoms with Gasteiger partial charge in [-0.2, -0.15) is 0 Å². The Kier molecular flexibility index (Phi) is 3.20. The Hall–Kier alpha value is -3.07. The maximum atomic E-state index is 13.9. The van der Waals surface area contributed by atoms with E-state index in [0.717, 1.165) is 11.1 Å². The van der Waals surface area contributed by atoms with Crippen molar-refractivity contribution in [1.82, 2.24) is 0 Å². The van der Waals surface area contributed by atoms with Gasteiger partial charge in [-0.15, -0.1) is 0 Å². The third-order valence-electron chi connectivity index (χ3n) is 5.64. The molecular weight excluding hydrogens is 327 g/mol. The van der Waals surface area contributed by atoms with Crippen molar-refractivity contribution in [1.29, 1.82) is 0 Å². The zero-order chi connectivity index (χ0) is 17.8. The fourth-order valence-corrected chi connectivity index (χ4v) is 4.61. The minimum atomic E-state index is -0.467. The topological polar surface area (TPSA) is 34.1 Å². The zero-order valence-corrected chi connectivity index (χ0v) is 13.9. The van der Waals surface area contributed by atoms with E-state index in [2.05, 4.69) is 0 Å². The molecular formula is C23H15FO2. The molecule has 0 amide bonds. The monoisotopic (exact) mass is 342 g/mol. The number of Topliss-reactive ketones (excluding diaryl/α,β-unsaturated/α-hetero) is 2. The second kappa shape index (κ2) is 5.46. The predicted octanol–water partition coefficient (Wildman–Crippen LogP) is 4.87. The van der Waals surface area contributed by atoms with E-state index in [-0.39, 0.29) is 23.3 Å². The molecule has 2 unspecified atom stereocenters. The fourth-order valence-electron chi connectivity index (χ4n) is 4.61. The molecule has 0 heterocycles. The number of rotatable bonds is 1. The van der Waals surface area contributed by atoms with Crippen molar-refractivity contribution < 1.29 is 14.0 Å². The molecule has 0 radical (unpaired) electrons. The van der Waals surface area contributed by atoms with Crippen molar-refractivity contribution in [3.63, 3.8) is 0 Å². The van der Waals surface area contributed by atoms with Crippen LogP contribution in [0.5, 0.6) is 0 Å². The van der Waals surface area contributed by atoms with Crippen molar-refractivity contribution in [2.45, 2.75) is 17.8 Å². The largest absolute Gasteiger partial charge is 0.293 e. The van der Waals surface area contributed by atoms with Crippen LogP contribution < -0.4 is 0 Å². The number of fused-ring (bicyclic) bond motifs is 6. The molecule has 2 aliphatic carbocycles. The molecule has 0 saturated heterocycles. The number of ketones is 2. The molecule has 2 aliphatic rings. The Morgan fingerprint density at radius 1 is 0.654 bits per heavy atom. The lowest BCUT2D eigenvalue weighted by molar-refractivity contribution is 0.0851. The highest BCUT2D eigenvalue weighted by molar-refractivity contribution is 6.15. The number of carbonyl (C=O) groups excluding carboxylic acids is 2. The Morgan fingerprint density at radius 3 is 1.73 bits per heavy atom. The Balaban J connectivity index is 1.84. The van der Waals surface area contributed by atoms with E-state index in [0.29, 0.717) is 16.7 Å². The molecule has 2 atom stereocenters. The van der Waals surface area contributed by atoms with E-state index >= 15 is 0 Å². The SMILES string of the molecule is O=C1c2ccccc2C2C(=O)c3ccccc3C1C2c1cccc(F)c1. The summed E-state index contributed by atoms with van der Waals surface area (Å²) >= 11 is 0. The van der Waals surface area contributed by atoms with Crippen LogP contribution >= 0.6 is 0 Å². The quantitative estimate of drug-likeness (QED) is 0.632. The van der Waals surface area contributed by atoms with E-state index in [1.165, 1.54) is 12.1 Å². The minimum absolute atomic E-state index is 0.00561. The lowest BCUT2D eigenvalue weighted by Crippen LogP contribution is -2.40. The van der Waals surface area contributed by atoms with Crippen LogP contribution in [-0.4, -0.2) is 11.6 Å². The van der Waals surface area contributed by atoms with Gasteiger partial charge in [-0.3, -0.25) is 9.59 Å². The molecule has 3 aromatic carbocycles. The molecule has 3 heteroatoms. The van der Waals surface area contributed by atoms with E-state index in [4.69, 9.17) is 0 Å².